The molecule has 0 aliphatic heterocycles. The molecule has 0 amide bonds. The molecular weight excluding hydrogens is 365 g/mol. The van der Waals surface area contributed by atoms with Crippen LogP contribution in [0.25, 0.3) is 0 Å². The molecule has 0 spiro atoms. The van der Waals surface area contributed by atoms with Crippen LogP contribution in [0.3, 0.4) is 0 Å². The molecule has 1 atom stereocenters. The molecule has 1 aromatic heterocycles. The van der Waals surface area contributed by atoms with Gasteiger partial charge >= 0.3 is 0 Å². The number of methoxy groups -OCH3 is 1. The first-order valence-electron chi connectivity index (χ1n) is 5.19. The number of halogens is 2. The van der Waals surface area contributed by atoms with Crippen molar-refractivity contribution in [1.29, 1.82) is 0 Å². The third-order valence-electron chi connectivity index (χ3n) is 2.48. The van der Waals surface area contributed by atoms with Crippen molar-refractivity contribution in [2.45, 2.75) is 6.04 Å². The largest absolute Gasteiger partial charge is 0.480 e. The molecule has 1 unspecified atom stereocenters. The van der Waals surface area contributed by atoms with Crippen molar-refractivity contribution < 1.29 is 4.74 Å². The van der Waals surface area contributed by atoms with E-state index in [-0.39, 0.29) is 0 Å². The summed E-state index contributed by atoms with van der Waals surface area (Å²) in [5.74, 6) is 0.430. The summed E-state index contributed by atoms with van der Waals surface area (Å²) in [5.41, 5.74) is 7.64. The van der Waals surface area contributed by atoms with E-state index in [9.17, 15) is 0 Å². The highest BCUT2D eigenvalue weighted by molar-refractivity contribution is 14.1. The number of benzene rings is 1. The molecule has 0 fully saturated rings. The van der Waals surface area contributed by atoms with Crippen LogP contribution in [0, 0.1) is 3.57 Å². The van der Waals surface area contributed by atoms with Crippen molar-refractivity contribution in [3.63, 3.8) is 0 Å². The maximum Gasteiger partial charge on any atom is 0.237 e. The van der Waals surface area contributed by atoms with Gasteiger partial charge in [-0.2, -0.15) is 0 Å². The Morgan fingerprint density at radius 3 is 2.72 bits per heavy atom. The molecular formula is C12H11ClIN3O. The lowest BCUT2D eigenvalue weighted by Gasteiger charge is -2.14. The van der Waals surface area contributed by atoms with Gasteiger partial charge in [0.1, 0.15) is 5.69 Å². The number of nitrogens with zero attached hydrogens (tertiary/aromatic N) is 2. The van der Waals surface area contributed by atoms with Gasteiger partial charge in [-0.25, -0.2) is 4.98 Å². The normalized spacial score (nSPS) is 12.2. The second-order valence-corrected chi connectivity index (χ2v) is 5.17. The second-order valence-electron chi connectivity index (χ2n) is 3.60. The minimum absolute atomic E-state index is 0.414. The summed E-state index contributed by atoms with van der Waals surface area (Å²) in [5, 5.41) is 0.673. The van der Waals surface area contributed by atoms with Crippen molar-refractivity contribution in [2.75, 3.05) is 7.11 Å². The van der Waals surface area contributed by atoms with Crippen LogP contribution in [0.2, 0.25) is 5.02 Å². The Balaban J connectivity index is 2.41. The average molecular weight is 376 g/mol. The summed E-state index contributed by atoms with van der Waals surface area (Å²) in [6.07, 6.45) is 3.15. The Hall–Kier alpha value is -0.920. The fraction of sp³-hybridized carbons (Fsp3) is 0.167. The van der Waals surface area contributed by atoms with Crippen LogP contribution in [0.4, 0.5) is 0 Å². The average Bonchev–Trinajstić information content (AvgIpc) is 2.41. The number of rotatable bonds is 3. The molecule has 94 valence electrons. The molecule has 6 heteroatoms. The lowest BCUT2D eigenvalue weighted by molar-refractivity contribution is 0.387. The fourth-order valence-corrected chi connectivity index (χ4v) is 2.09. The minimum atomic E-state index is -0.414. The first kappa shape index (κ1) is 13.5. The molecule has 0 aliphatic rings. The zero-order valence-corrected chi connectivity index (χ0v) is 12.5. The molecule has 2 rings (SSSR count). The molecule has 2 N–H and O–H groups in total. The first-order valence-corrected chi connectivity index (χ1v) is 6.64. The van der Waals surface area contributed by atoms with E-state index in [4.69, 9.17) is 22.1 Å². The van der Waals surface area contributed by atoms with E-state index in [2.05, 4.69) is 32.6 Å². The number of hydrogen-bond donors (Lipinski definition) is 1. The predicted molar refractivity (Wildman–Crippen MR) is 78.8 cm³/mol. The highest BCUT2D eigenvalue weighted by atomic mass is 127. The van der Waals surface area contributed by atoms with Gasteiger partial charge in [-0.15, -0.1) is 0 Å². The zero-order valence-electron chi connectivity index (χ0n) is 9.60. The molecule has 1 heterocycles. The summed E-state index contributed by atoms with van der Waals surface area (Å²) in [6.45, 7) is 0. The maximum absolute atomic E-state index is 6.17. The van der Waals surface area contributed by atoms with E-state index in [0.29, 0.717) is 16.6 Å². The van der Waals surface area contributed by atoms with E-state index >= 15 is 0 Å². The fourth-order valence-electron chi connectivity index (χ4n) is 1.57. The number of aromatic nitrogens is 2. The highest BCUT2D eigenvalue weighted by Gasteiger charge is 2.17. The van der Waals surface area contributed by atoms with E-state index in [1.165, 1.54) is 0 Å². The standard InChI is InChI=1S/C12H11ClIN3O/c1-18-12-11(16-4-5-17-12)10(15)7-2-3-9(14)8(13)6-7/h2-6,10H,15H2,1H3. The maximum atomic E-state index is 6.17. The highest BCUT2D eigenvalue weighted by Crippen LogP contribution is 2.27. The van der Waals surface area contributed by atoms with Crippen LogP contribution >= 0.6 is 34.2 Å². The van der Waals surface area contributed by atoms with Gasteiger partial charge in [0, 0.05) is 16.0 Å². The molecule has 0 saturated carbocycles. The zero-order chi connectivity index (χ0) is 13.1. The van der Waals surface area contributed by atoms with Crippen molar-refractivity contribution in [1.82, 2.24) is 9.97 Å². The molecule has 1 aromatic carbocycles. The van der Waals surface area contributed by atoms with Crippen LogP contribution < -0.4 is 10.5 Å². The third-order valence-corrected chi connectivity index (χ3v) is 4.05. The van der Waals surface area contributed by atoms with Gasteiger partial charge < -0.3 is 10.5 Å². The van der Waals surface area contributed by atoms with E-state index < -0.39 is 6.04 Å². The van der Waals surface area contributed by atoms with Crippen molar-refractivity contribution >= 4 is 34.2 Å². The summed E-state index contributed by atoms with van der Waals surface area (Å²) in [7, 11) is 1.54. The Labute approximate surface area is 124 Å². The number of ether oxygens (including phenoxy) is 1. The van der Waals surface area contributed by atoms with Crippen LogP contribution in [0.5, 0.6) is 5.88 Å². The molecule has 2 aromatic rings. The van der Waals surface area contributed by atoms with Crippen molar-refractivity contribution in [3.8, 4) is 5.88 Å². The lowest BCUT2D eigenvalue weighted by Crippen LogP contribution is -2.15. The molecule has 4 nitrogen and oxygen atoms in total. The van der Waals surface area contributed by atoms with Crippen LogP contribution in [-0.2, 0) is 0 Å². The smallest absolute Gasteiger partial charge is 0.237 e. The van der Waals surface area contributed by atoms with Crippen molar-refractivity contribution in [2.24, 2.45) is 5.73 Å². The van der Waals surface area contributed by atoms with Gasteiger partial charge in [-0.05, 0) is 40.3 Å². The van der Waals surface area contributed by atoms with Gasteiger partial charge in [-0.1, -0.05) is 17.7 Å². The molecule has 0 radical (unpaired) electrons. The van der Waals surface area contributed by atoms with Crippen LogP contribution in [-0.4, -0.2) is 17.1 Å². The Bertz CT molecular complexity index is 565. The Morgan fingerprint density at radius 1 is 1.33 bits per heavy atom. The quantitative estimate of drug-likeness (QED) is 0.838. The Morgan fingerprint density at radius 2 is 2.06 bits per heavy atom. The van der Waals surface area contributed by atoms with Crippen molar-refractivity contribution in [3.05, 3.63) is 50.4 Å². The molecule has 18 heavy (non-hydrogen) atoms. The van der Waals surface area contributed by atoms with Gasteiger partial charge in [-0.3, -0.25) is 4.98 Å². The minimum Gasteiger partial charge on any atom is -0.480 e. The summed E-state index contributed by atoms with van der Waals surface area (Å²) < 4.78 is 6.14. The molecule has 0 aliphatic carbocycles. The van der Waals surface area contributed by atoms with Gasteiger partial charge in [0.2, 0.25) is 5.88 Å². The third kappa shape index (κ3) is 2.73. The Kier molecular flexibility index (Phi) is 4.36. The summed E-state index contributed by atoms with van der Waals surface area (Å²) >= 11 is 8.26. The van der Waals surface area contributed by atoms with Crippen LogP contribution in [0.15, 0.2) is 30.6 Å². The molecule has 0 saturated heterocycles. The van der Waals surface area contributed by atoms with E-state index in [1.54, 1.807) is 19.5 Å². The summed E-state index contributed by atoms with van der Waals surface area (Å²) in [4.78, 5) is 8.31. The lowest BCUT2D eigenvalue weighted by atomic mass is 10.0. The first-order chi connectivity index (χ1) is 8.63. The second kappa shape index (κ2) is 5.81. The van der Waals surface area contributed by atoms with E-state index in [0.717, 1.165) is 9.13 Å². The number of hydrogen-bond acceptors (Lipinski definition) is 4. The van der Waals surface area contributed by atoms with Gasteiger partial charge in [0.15, 0.2) is 0 Å². The molecule has 0 bridgehead atoms. The van der Waals surface area contributed by atoms with Gasteiger partial charge in [0.25, 0.3) is 0 Å². The summed E-state index contributed by atoms with van der Waals surface area (Å²) in [6, 6.07) is 5.26. The van der Waals surface area contributed by atoms with Crippen LogP contribution in [0.1, 0.15) is 17.3 Å². The number of nitrogens with two attached hydrogens (primary N) is 1. The van der Waals surface area contributed by atoms with E-state index in [1.807, 2.05) is 18.2 Å². The SMILES string of the molecule is COc1nccnc1C(N)c1ccc(I)c(Cl)c1. The topological polar surface area (TPSA) is 61.0 Å². The van der Waals surface area contributed by atoms with Gasteiger partial charge in [0.05, 0.1) is 18.2 Å². The monoisotopic (exact) mass is 375 g/mol. The predicted octanol–water partition coefficient (Wildman–Crippen LogP) is 2.79.